The maximum atomic E-state index is 11.8. The number of aryl methyl sites for hydroxylation is 1. The van der Waals surface area contributed by atoms with E-state index in [0.29, 0.717) is 21.4 Å². The summed E-state index contributed by atoms with van der Waals surface area (Å²) in [6.45, 7) is 3.24. The van der Waals surface area contributed by atoms with E-state index in [0.717, 1.165) is 0 Å². The molecule has 0 radical (unpaired) electrons. The summed E-state index contributed by atoms with van der Waals surface area (Å²) in [5.41, 5.74) is 1.34. The normalized spacial score (nSPS) is 10.2. The lowest BCUT2D eigenvalue weighted by molar-refractivity contribution is -0.115. The van der Waals surface area contributed by atoms with Crippen molar-refractivity contribution in [3.05, 3.63) is 40.7 Å². The standard InChI is InChI=1S/C13H13N3O2S/c1-8-12(9(2)17)19-13(15-8)16-11(18)7-10-5-3-4-6-14-10/h3-6H,7H2,1-2H3,(H,15,16,18). The number of hydrogen-bond donors (Lipinski definition) is 1. The Labute approximate surface area is 114 Å². The van der Waals surface area contributed by atoms with Crippen LogP contribution in [-0.4, -0.2) is 21.7 Å². The summed E-state index contributed by atoms with van der Waals surface area (Å²) in [7, 11) is 0. The topological polar surface area (TPSA) is 72.0 Å². The lowest BCUT2D eigenvalue weighted by Gasteiger charge is -2.00. The molecule has 0 bridgehead atoms. The van der Waals surface area contributed by atoms with Crippen molar-refractivity contribution in [3.8, 4) is 0 Å². The number of carbonyl (C=O) groups is 2. The van der Waals surface area contributed by atoms with Crippen molar-refractivity contribution in [3.63, 3.8) is 0 Å². The summed E-state index contributed by atoms with van der Waals surface area (Å²) < 4.78 is 0. The third-order valence-electron chi connectivity index (χ3n) is 2.43. The first-order valence-corrected chi connectivity index (χ1v) is 6.56. The molecule has 2 heterocycles. The predicted molar refractivity (Wildman–Crippen MR) is 73.4 cm³/mol. The summed E-state index contributed by atoms with van der Waals surface area (Å²) in [5.74, 6) is -0.234. The SMILES string of the molecule is CC(=O)c1sc(NC(=O)Cc2ccccn2)nc1C. The minimum absolute atomic E-state index is 0.0415. The van der Waals surface area contributed by atoms with E-state index in [1.54, 1.807) is 25.3 Å². The zero-order valence-electron chi connectivity index (χ0n) is 10.6. The number of thiazole rings is 1. The quantitative estimate of drug-likeness (QED) is 0.868. The van der Waals surface area contributed by atoms with E-state index in [4.69, 9.17) is 0 Å². The van der Waals surface area contributed by atoms with E-state index in [1.807, 2.05) is 6.07 Å². The van der Waals surface area contributed by atoms with Gasteiger partial charge in [0.2, 0.25) is 5.91 Å². The van der Waals surface area contributed by atoms with E-state index in [9.17, 15) is 9.59 Å². The maximum absolute atomic E-state index is 11.8. The van der Waals surface area contributed by atoms with Gasteiger partial charge >= 0.3 is 0 Å². The molecule has 2 aromatic heterocycles. The van der Waals surface area contributed by atoms with E-state index >= 15 is 0 Å². The van der Waals surface area contributed by atoms with Crippen LogP contribution >= 0.6 is 11.3 Å². The van der Waals surface area contributed by atoms with Crippen LogP contribution < -0.4 is 5.32 Å². The fraction of sp³-hybridized carbons (Fsp3) is 0.231. The highest BCUT2D eigenvalue weighted by Gasteiger charge is 2.13. The first kappa shape index (κ1) is 13.4. The minimum Gasteiger partial charge on any atom is -0.302 e. The summed E-state index contributed by atoms with van der Waals surface area (Å²) in [6.07, 6.45) is 1.83. The van der Waals surface area contributed by atoms with E-state index in [-0.39, 0.29) is 18.1 Å². The van der Waals surface area contributed by atoms with Crippen molar-refractivity contribution in [2.45, 2.75) is 20.3 Å². The van der Waals surface area contributed by atoms with Crippen LogP contribution in [0.5, 0.6) is 0 Å². The highest BCUT2D eigenvalue weighted by molar-refractivity contribution is 7.17. The van der Waals surface area contributed by atoms with Gasteiger partial charge in [-0.15, -0.1) is 0 Å². The van der Waals surface area contributed by atoms with Gasteiger partial charge in [0.1, 0.15) is 0 Å². The molecule has 0 saturated carbocycles. The maximum Gasteiger partial charge on any atom is 0.232 e. The molecular formula is C13H13N3O2S. The van der Waals surface area contributed by atoms with Gasteiger partial charge in [-0.3, -0.25) is 14.6 Å². The number of carbonyl (C=O) groups excluding carboxylic acids is 2. The molecule has 0 spiro atoms. The van der Waals surface area contributed by atoms with Crippen LogP contribution in [0.3, 0.4) is 0 Å². The third-order valence-corrected chi connectivity index (χ3v) is 3.60. The fourth-order valence-corrected chi connectivity index (χ4v) is 2.49. The van der Waals surface area contributed by atoms with Crippen LogP contribution in [0, 0.1) is 6.92 Å². The van der Waals surface area contributed by atoms with Gasteiger partial charge in [0.25, 0.3) is 0 Å². The van der Waals surface area contributed by atoms with Gasteiger partial charge in [0.05, 0.1) is 17.0 Å². The number of ketones is 1. The molecule has 6 heteroatoms. The summed E-state index contributed by atoms with van der Waals surface area (Å²) >= 11 is 1.19. The van der Waals surface area contributed by atoms with E-state index in [2.05, 4.69) is 15.3 Å². The lowest BCUT2D eigenvalue weighted by Crippen LogP contribution is -2.14. The van der Waals surface area contributed by atoms with Crippen molar-refractivity contribution in [2.24, 2.45) is 0 Å². The molecule has 0 unspecified atom stereocenters. The largest absolute Gasteiger partial charge is 0.302 e. The van der Waals surface area contributed by atoms with Crippen molar-refractivity contribution in [1.82, 2.24) is 9.97 Å². The Morgan fingerprint density at radius 2 is 2.16 bits per heavy atom. The van der Waals surface area contributed by atoms with Crippen LogP contribution in [-0.2, 0) is 11.2 Å². The summed E-state index contributed by atoms with van der Waals surface area (Å²) in [6, 6.07) is 5.41. The molecule has 2 rings (SSSR count). The van der Waals surface area contributed by atoms with E-state index in [1.165, 1.54) is 18.3 Å². The Kier molecular flexibility index (Phi) is 4.01. The second-order valence-corrected chi connectivity index (χ2v) is 5.03. The number of hydrogen-bond acceptors (Lipinski definition) is 5. The summed E-state index contributed by atoms with van der Waals surface area (Å²) in [5, 5.41) is 3.13. The van der Waals surface area contributed by atoms with Crippen molar-refractivity contribution in [2.75, 3.05) is 5.32 Å². The second kappa shape index (κ2) is 5.71. The molecule has 19 heavy (non-hydrogen) atoms. The number of amides is 1. The van der Waals surface area contributed by atoms with Crippen molar-refractivity contribution >= 4 is 28.2 Å². The zero-order valence-corrected chi connectivity index (χ0v) is 11.5. The number of aromatic nitrogens is 2. The Bertz CT molecular complexity index is 608. The molecule has 1 amide bonds. The Morgan fingerprint density at radius 1 is 1.37 bits per heavy atom. The molecule has 5 nitrogen and oxygen atoms in total. The predicted octanol–water partition coefficient (Wildman–Crippen LogP) is 2.23. The molecule has 0 saturated heterocycles. The Balaban J connectivity index is 2.03. The highest BCUT2D eigenvalue weighted by Crippen LogP contribution is 2.22. The number of nitrogens with zero attached hydrogens (tertiary/aromatic N) is 2. The van der Waals surface area contributed by atoms with E-state index < -0.39 is 0 Å². The van der Waals surface area contributed by atoms with Crippen molar-refractivity contribution < 1.29 is 9.59 Å². The van der Waals surface area contributed by atoms with Gasteiger partial charge in [-0.05, 0) is 19.1 Å². The minimum atomic E-state index is -0.192. The van der Waals surface area contributed by atoms with Gasteiger partial charge < -0.3 is 5.32 Å². The fourth-order valence-electron chi connectivity index (χ4n) is 1.61. The molecule has 1 N–H and O–H groups in total. The van der Waals surface area contributed by atoms with Gasteiger partial charge in [-0.2, -0.15) is 0 Å². The van der Waals surface area contributed by atoms with Gasteiger partial charge in [-0.25, -0.2) is 4.98 Å². The smallest absolute Gasteiger partial charge is 0.232 e. The average Bonchev–Trinajstić information content (AvgIpc) is 2.71. The monoisotopic (exact) mass is 275 g/mol. The first-order valence-electron chi connectivity index (χ1n) is 5.74. The van der Waals surface area contributed by atoms with Crippen LogP contribution in [0.15, 0.2) is 24.4 Å². The third kappa shape index (κ3) is 3.45. The molecular weight excluding hydrogens is 262 g/mol. The first-order chi connectivity index (χ1) is 9.06. The summed E-state index contributed by atoms with van der Waals surface area (Å²) in [4.78, 5) is 31.9. The number of pyridine rings is 1. The molecule has 0 aliphatic heterocycles. The van der Waals surface area contributed by atoms with Crippen LogP contribution in [0.2, 0.25) is 0 Å². The molecule has 0 atom stereocenters. The molecule has 2 aromatic rings. The molecule has 98 valence electrons. The zero-order chi connectivity index (χ0) is 13.8. The van der Waals surface area contributed by atoms with Gasteiger partial charge in [0, 0.05) is 18.8 Å². The Morgan fingerprint density at radius 3 is 2.74 bits per heavy atom. The van der Waals surface area contributed by atoms with Crippen LogP contribution in [0.25, 0.3) is 0 Å². The second-order valence-electron chi connectivity index (χ2n) is 4.04. The molecule has 0 aromatic carbocycles. The van der Waals surface area contributed by atoms with Gasteiger partial charge in [0.15, 0.2) is 10.9 Å². The molecule has 0 fully saturated rings. The highest BCUT2D eigenvalue weighted by atomic mass is 32.1. The molecule has 0 aliphatic rings. The number of nitrogens with one attached hydrogen (secondary N) is 1. The molecule has 0 aliphatic carbocycles. The number of anilines is 1. The lowest BCUT2D eigenvalue weighted by atomic mass is 10.2. The van der Waals surface area contributed by atoms with Crippen LogP contribution in [0.1, 0.15) is 28.0 Å². The van der Waals surface area contributed by atoms with Gasteiger partial charge in [-0.1, -0.05) is 17.4 Å². The van der Waals surface area contributed by atoms with Crippen LogP contribution in [0.4, 0.5) is 5.13 Å². The average molecular weight is 275 g/mol. The number of Topliss-reactive ketones (excluding diaryl/α,β-unsaturated/α-hetero) is 1. The van der Waals surface area contributed by atoms with Crippen molar-refractivity contribution in [1.29, 1.82) is 0 Å². The Hall–Kier alpha value is -2.08. The number of rotatable bonds is 4.